The fourth-order valence-electron chi connectivity index (χ4n) is 1.32. The van der Waals surface area contributed by atoms with Crippen LogP contribution in [0.25, 0.3) is 0 Å². The van der Waals surface area contributed by atoms with E-state index >= 15 is 0 Å². The summed E-state index contributed by atoms with van der Waals surface area (Å²) in [5.74, 6) is 0.902. The summed E-state index contributed by atoms with van der Waals surface area (Å²) in [5.41, 5.74) is 8.73. The van der Waals surface area contributed by atoms with Crippen molar-refractivity contribution in [3.8, 4) is 5.75 Å². The van der Waals surface area contributed by atoms with Crippen molar-refractivity contribution in [1.82, 2.24) is 0 Å². The monoisotopic (exact) mass is 235 g/mol. The number of benzene rings is 1. The number of hydrogen-bond donors (Lipinski definition) is 1. The van der Waals surface area contributed by atoms with Crippen molar-refractivity contribution in [1.29, 1.82) is 0 Å². The van der Waals surface area contributed by atoms with Gasteiger partial charge in [0.05, 0.1) is 6.23 Å². The summed E-state index contributed by atoms with van der Waals surface area (Å²) in [6, 6.07) is 7.57. The lowest BCUT2D eigenvalue weighted by Crippen LogP contribution is -2.32. The van der Waals surface area contributed by atoms with Gasteiger partial charge in [-0.2, -0.15) is 0 Å². The van der Waals surface area contributed by atoms with E-state index in [-0.39, 0.29) is 0 Å². The summed E-state index contributed by atoms with van der Waals surface area (Å²) in [7, 11) is -1.35. The number of rotatable bonds is 5. The summed E-state index contributed by atoms with van der Waals surface area (Å²) in [5, 5.41) is 0. The van der Waals surface area contributed by atoms with Gasteiger partial charge in [-0.3, -0.25) is 0 Å². The van der Waals surface area contributed by atoms with Gasteiger partial charge in [0.1, 0.15) is 13.8 Å². The van der Waals surface area contributed by atoms with Crippen LogP contribution in [-0.2, 0) is 0 Å². The second kappa shape index (κ2) is 5.75. The second-order valence-electron chi connectivity index (χ2n) is 4.66. The minimum Gasteiger partial charge on any atom is -0.497 e. The van der Waals surface area contributed by atoms with Gasteiger partial charge in [0.25, 0.3) is 0 Å². The molecule has 1 aromatic rings. The van der Waals surface area contributed by atoms with Crippen molar-refractivity contribution < 1.29 is 4.74 Å². The Kier molecular flexibility index (Phi) is 4.62. The van der Waals surface area contributed by atoms with Crippen molar-refractivity contribution in [2.75, 3.05) is 12.0 Å². The van der Waals surface area contributed by atoms with Gasteiger partial charge in [-0.1, -0.05) is 31.8 Å². The third kappa shape index (κ3) is 4.53. The lowest BCUT2D eigenvalue weighted by molar-refractivity contribution is 0.379. The molecular formula is C13H21NOSi. The van der Waals surface area contributed by atoms with E-state index in [1.54, 1.807) is 0 Å². The molecule has 0 aliphatic rings. The molecule has 0 saturated carbocycles. The highest BCUT2D eigenvalue weighted by atomic mass is 28.3. The second-order valence-corrected chi connectivity index (χ2v) is 9.26. The molecule has 0 spiro atoms. The van der Waals surface area contributed by atoms with Crippen molar-refractivity contribution in [3.05, 3.63) is 36.0 Å². The molecule has 0 radical (unpaired) electrons. The number of allylic oxidation sites excluding steroid dienone is 1. The predicted octanol–water partition coefficient (Wildman–Crippen LogP) is 3.40. The van der Waals surface area contributed by atoms with Gasteiger partial charge < -0.3 is 10.5 Å². The average molecular weight is 235 g/mol. The molecule has 2 nitrogen and oxygen atoms in total. The minimum absolute atomic E-state index is 0.773. The number of hydrogen-bond acceptors (Lipinski definition) is 2. The maximum Gasteiger partial charge on any atom is 0.118 e. The maximum absolute atomic E-state index is 5.78. The van der Waals surface area contributed by atoms with Gasteiger partial charge in [0, 0.05) is 5.69 Å². The Labute approximate surface area is 99.1 Å². The Morgan fingerprint density at radius 3 is 2.44 bits per heavy atom. The molecule has 0 fully saturated rings. The minimum atomic E-state index is -1.35. The average Bonchev–Trinajstić information content (AvgIpc) is 2.26. The lowest BCUT2D eigenvalue weighted by Gasteiger charge is -2.18. The van der Waals surface area contributed by atoms with E-state index in [0.717, 1.165) is 24.1 Å². The Morgan fingerprint density at radius 2 is 1.88 bits per heavy atom. The smallest absolute Gasteiger partial charge is 0.118 e. The summed E-state index contributed by atoms with van der Waals surface area (Å²) >= 11 is 0. The molecular weight excluding hydrogens is 214 g/mol. The molecule has 16 heavy (non-hydrogen) atoms. The Bertz CT molecular complexity index is 343. The van der Waals surface area contributed by atoms with E-state index in [1.807, 2.05) is 24.3 Å². The number of ether oxygens (including phenoxy) is 1. The first-order valence-electron chi connectivity index (χ1n) is 5.69. The van der Waals surface area contributed by atoms with Crippen LogP contribution >= 0.6 is 0 Å². The van der Waals surface area contributed by atoms with E-state index in [0.29, 0.717) is 0 Å². The van der Waals surface area contributed by atoms with E-state index < -0.39 is 8.07 Å². The Balaban J connectivity index is 2.50. The molecule has 0 bridgehead atoms. The highest BCUT2D eigenvalue weighted by Crippen LogP contribution is 2.15. The normalized spacial score (nSPS) is 11.9. The van der Waals surface area contributed by atoms with E-state index in [1.165, 1.54) is 0 Å². The lowest BCUT2D eigenvalue weighted by atomic mass is 10.3. The molecule has 1 rings (SSSR count). The van der Waals surface area contributed by atoms with Crippen LogP contribution in [0.3, 0.4) is 0 Å². The van der Waals surface area contributed by atoms with E-state index in [2.05, 4.69) is 31.8 Å². The van der Waals surface area contributed by atoms with Crippen LogP contribution in [0, 0.1) is 0 Å². The maximum atomic E-state index is 5.78. The Hall–Kier alpha value is -1.22. The van der Waals surface area contributed by atoms with Crippen LogP contribution in [0.1, 0.15) is 13.3 Å². The first-order chi connectivity index (χ1) is 7.53. The van der Waals surface area contributed by atoms with Gasteiger partial charge in [-0.25, -0.2) is 0 Å². The van der Waals surface area contributed by atoms with Gasteiger partial charge in [0.2, 0.25) is 0 Å². The van der Waals surface area contributed by atoms with Gasteiger partial charge in [-0.15, -0.1) is 0 Å². The third-order valence-corrected chi connectivity index (χ3v) is 4.32. The first kappa shape index (κ1) is 12.8. The number of nitrogen functional groups attached to an aromatic ring is 1. The molecule has 88 valence electrons. The van der Waals surface area contributed by atoms with Crippen LogP contribution in [0.2, 0.25) is 13.1 Å². The predicted molar refractivity (Wildman–Crippen MR) is 73.3 cm³/mol. The molecule has 0 heterocycles. The van der Waals surface area contributed by atoms with Crippen LogP contribution in [0.4, 0.5) is 5.69 Å². The largest absolute Gasteiger partial charge is 0.497 e. The van der Waals surface area contributed by atoms with Crippen LogP contribution in [0.15, 0.2) is 36.0 Å². The highest BCUT2D eigenvalue weighted by Gasteiger charge is 2.17. The molecule has 0 aliphatic carbocycles. The third-order valence-electron chi connectivity index (χ3n) is 2.30. The molecule has 0 aliphatic heterocycles. The molecule has 0 unspecified atom stereocenters. The zero-order chi connectivity index (χ0) is 12.0. The van der Waals surface area contributed by atoms with Crippen LogP contribution in [-0.4, -0.2) is 14.3 Å². The summed E-state index contributed by atoms with van der Waals surface area (Å²) in [6.07, 6.45) is 4.14. The number of anilines is 1. The van der Waals surface area contributed by atoms with E-state index in [9.17, 15) is 0 Å². The van der Waals surface area contributed by atoms with Crippen molar-refractivity contribution in [2.24, 2.45) is 0 Å². The summed E-state index contributed by atoms with van der Waals surface area (Å²) < 4.78 is 5.78. The molecule has 2 N–H and O–H groups in total. The molecule has 0 aromatic heterocycles. The first-order valence-corrected chi connectivity index (χ1v) is 8.98. The molecule has 0 atom stereocenters. The zero-order valence-corrected chi connectivity index (χ0v) is 11.4. The van der Waals surface area contributed by atoms with Crippen molar-refractivity contribution >= 4 is 13.8 Å². The number of nitrogens with two attached hydrogens (primary N) is 1. The van der Waals surface area contributed by atoms with Gasteiger partial charge in [-0.05, 0) is 30.7 Å². The van der Waals surface area contributed by atoms with Gasteiger partial charge in [0.15, 0.2) is 0 Å². The van der Waals surface area contributed by atoms with Crippen LogP contribution < -0.4 is 10.5 Å². The quantitative estimate of drug-likeness (QED) is 0.627. The van der Waals surface area contributed by atoms with Gasteiger partial charge >= 0.3 is 0 Å². The summed E-state index contributed by atoms with van der Waals surface area (Å²) in [4.78, 5) is 0. The fourth-order valence-corrected chi connectivity index (χ4v) is 2.83. The standard InChI is InChI=1S/C13H21NOSi/c1-4-5-10-16(2,3)11-15-13-8-6-12(14)7-9-13/h5-10H,4,11,14H2,1-3H3. The van der Waals surface area contributed by atoms with Crippen molar-refractivity contribution in [3.63, 3.8) is 0 Å². The fraction of sp³-hybridized carbons (Fsp3) is 0.385. The zero-order valence-electron chi connectivity index (χ0n) is 10.4. The topological polar surface area (TPSA) is 35.2 Å². The highest BCUT2D eigenvalue weighted by molar-refractivity contribution is 6.82. The molecule has 3 heteroatoms. The Morgan fingerprint density at radius 1 is 1.25 bits per heavy atom. The molecule has 1 aromatic carbocycles. The van der Waals surface area contributed by atoms with E-state index in [4.69, 9.17) is 10.5 Å². The SMILES string of the molecule is CCC=C[Si](C)(C)COc1ccc(N)cc1. The molecule has 0 saturated heterocycles. The summed E-state index contributed by atoms with van der Waals surface area (Å²) in [6.45, 7) is 6.76. The van der Waals surface area contributed by atoms with Crippen LogP contribution in [0.5, 0.6) is 5.75 Å². The molecule has 0 amide bonds. The van der Waals surface area contributed by atoms with Crippen molar-refractivity contribution in [2.45, 2.75) is 26.4 Å².